The van der Waals surface area contributed by atoms with Gasteiger partial charge in [0.1, 0.15) is 12.3 Å². The van der Waals surface area contributed by atoms with Gasteiger partial charge in [-0.1, -0.05) is 35.5 Å². The lowest BCUT2D eigenvalue weighted by Crippen LogP contribution is -2.07. The Bertz CT molecular complexity index is 889. The molecule has 3 aromatic rings. The second kappa shape index (κ2) is 8.06. The first kappa shape index (κ1) is 17.3. The van der Waals surface area contributed by atoms with Crippen molar-refractivity contribution < 1.29 is 19.1 Å². The number of ether oxygens (including phenoxy) is 2. The van der Waals surface area contributed by atoms with Gasteiger partial charge in [0.25, 0.3) is 0 Å². The van der Waals surface area contributed by atoms with Crippen molar-refractivity contribution in [3.63, 3.8) is 0 Å². The van der Waals surface area contributed by atoms with E-state index >= 15 is 0 Å². The number of carbonyl (C=O) groups is 2. The van der Waals surface area contributed by atoms with Gasteiger partial charge < -0.3 is 9.47 Å². The smallest absolute Gasteiger partial charge is 0.338 e. The van der Waals surface area contributed by atoms with Crippen molar-refractivity contribution in [1.29, 1.82) is 0 Å². The summed E-state index contributed by atoms with van der Waals surface area (Å²) in [6.45, 7) is 0.614. The summed E-state index contributed by atoms with van der Waals surface area (Å²) in [4.78, 5) is 23.5. The van der Waals surface area contributed by atoms with E-state index in [0.29, 0.717) is 23.4 Å². The van der Waals surface area contributed by atoms with E-state index in [2.05, 4.69) is 15.0 Å². The molecular weight excluding hydrogens is 334 g/mol. The highest BCUT2D eigenvalue weighted by Crippen LogP contribution is 2.09. The van der Waals surface area contributed by atoms with E-state index in [1.165, 1.54) is 31.4 Å². The third kappa shape index (κ3) is 4.32. The van der Waals surface area contributed by atoms with Gasteiger partial charge in [0.05, 0.1) is 31.0 Å². The maximum atomic E-state index is 12.1. The number of methoxy groups -OCH3 is 1. The Morgan fingerprint density at radius 2 is 1.62 bits per heavy atom. The van der Waals surface area contributed by atoms with Crippen LogP contribution in [0, 0.1) is 0 Å². The Balaban J connectivity index is 1.55. The van der Waals surface area contributed by atoms with E-state index in [0.717, 1.165) is 5.56 Å². The van der Waals surface area contributed by atoms with Crippen molar-refractivity contribution in [3.8, 4) is 0 Å². The number of rotatable bonds is 6. The quantitative estimate of drug-likeness (QED) is 0.635. The number of hydrogen-bond donors (Lipinski definition) is 0. The van der Waals surface area contributed by atoms with Crippen LogP contribution in [0.1, 0.15) is 32.0 Å². The zero-order chi connectivity index (χ0) is 18.4. The van der Waals surface area contributed by atoms with Crippen LogP contribution >= 0.6 is 0 Å². The fourth-order valence-corrected chi connectivity index (χ4v) is 2.34. The van der Waals surface area contributed by atoms with Crippen molar-refractivity contribution in [2.24, 2.45) is 0 Å². The number of esters is 2. The number of benzene rings is 2. The Hall–Kier alpha value is -3.48. The van der Waals surface area contributed by atoms with Crippen LogP contribution < -0.4 is 0 Å². The van der Waals surface area contributed by atoms with Crippen LogP contribution in [0.25, 0.3) is 0 Å². The summed E-state index contributed by atoms with van der Waals surface area (Å²) in [5, 5.41) is 8.03. The number of nitrogens with zero attached hydrogens (tertiary/aromatic N) is 3. The first-order valence-electron chi connectivity index (χ1n) is 7.94. The summed E-state index contributed by atoms with van der Waals surface area (Å²) in [5.41, 5.74) is 2.37. The first-order valence-corrected chi connectivity index (χ1v) is 7.94. The molecule has 0 spiro atoms. The van der Waals surface area contributed by atoms with E-state index < -0.39 is 11.9 Å². The van der Waals surface area contributed by atoms with E-state index in [4.69, 9.17) is 4.74 Å². The maximum Gasteiger partial charge on any atom is 0.338 e. The normalized spacial score (nSPS) is 10.3. The zero-order valence-electron chi connectivity index (χ0n) is 14.2. The van der Waals surface area contributed by atoms with Gasteiger partial charge in [0.2, 0.25) is 0 Å². The summed E-state index contributed by atoms with van der Waals surface area (Å²) < 4.78 is 11.5. The molecule has 3 rings (SSSR count). The molecule has 0 aliphatic heterocycles. The highest BCUT2D eigenvalue weighted by Gasteiger charge is 2.11. The molecule has 0 unspecified atom stereocenters. The fourth-order valence-electron chi connectivity index (χ4n) is 2.34. The van der Waals surface area contributed by atoms with Crippen molar-refractivity contribution in [1.82, 2.24) is 15.0 Å². The molecule has 0 amide bonds. The highest BCUT2D eigenvalue weighted by molar-refractivity contribution is 5.93. The molecule has 0 atom stereocenters. The molecule has 0 N–H and O–H groups in total. The van der Waals surface area contributed by atoms with Crippen LogP contribution in [0.3, 0.4) is 0 Å². The lowest BCUT2D eigenvalue weighted by molar-refractivity contribution is 0.0466. The molecule has 132 valence electrons. The van der Waals surface area contributed by atoms with Gasteiger partial charge in [-0.25, -0.2) is 14.3 Å². The monoisotopic (exact) mass is 351 g/mol. The zero-order valence-corrected chi connectivity index (χ0v) is 14.2. The average Bonchev–Trinajstić information content (AvgIpc) is 3.13. The lowest BCUT2D eigenvalue weighted by atomic mass is 10.1. The Morgan fingerprint density at radius 1 is 0.962 bits per heavy atom. The van der Waals surface area contributed by atoms with Crippen LogP contribution in [-0.2, 0) is 22.6 Å². The van der Waals surface area contributed by atoms with Crippen molar-refractivity contribution in [3.05, 3.63) is 83.2 Å². The summed E-state index contributed by atoms with van der Waals surface area (Å²) >= 11 is 0. The van der Waals surface area contributed by atoms with E-state index in [9.17, 15) is 9.59 Å². The van der Waals surface area contributed by atoms with Crippen molar-refractivity contribution in [2.75, 3.05) is 7.11 Å². The molecule has 0 bridgehead atoms. The highest BCUT2D eigenvalue weighted by atomic mass is 16.5. The molecule has 0 radical (unpaired) electrons. The minimum atomic E-state index is -0.501. The van der Waals surface area contributed by atoms with Gasteiger partial charge in [-0.2, -0.15) is 0 Å². The summed E-state index contributed by atoms with van der Waals surface area (Å²) in [7, 11) is 1.30. The van der Waals surface area contributed by atoms with Crippen LogP contribution in [0.15, 0.2) is 60.8 Å². The standard InChI is InChI=1S/C19H17N3O4/c1-25-18(23)15-7-9-16(10-8-15)19(24)26-13-17-12-22(21-20-17)11-14-5-3-2-4-6-14/h2-10,12H,11,13H2,1H3. The minimum absolute atomic E-state index is 0.0202. The number of aromatic nitrogens is 3. The second-order valence-electron chi connectivity index (χ2n) is 5.54. The predicted octanol–water partition coefficient (Wildman–Crippen LogP) is 2.47. The van der Waals surface area contributed by atoms with Gasteiger partial charge in [0, 0.05) is 0 Å². The Kier molecular flexibility index (Phi) is 5.38. The summed E-state index contributed by atoms with van der Waals surface area (Å²) in [5.74, 6) is -0.959. The third-order valence-corrected chi connectivity index (χ3v) is 3.67. The van der Waals surface area contributed by atoms with Gasteiger partial charge >= 0.3 is 11.9 Å². The molecule has 0 aliphatic rings. The van der Waals surface area contributed by atoms with Gasteiger partial charge in [0.15, 0.2) is 0 Å². The summed E-state index contributed by atoms with van der Waals surface area (Å²) in [6, 6.07) is 15.9. The largest absolute Gasteiger partial charge is 0.465 e. The minimum Gasteiger partial charge on any atom is -0.465 e. The van der Waals surface area contributed by atoms with Crippen LogP contribution in [0.4, 0.5) is 0 Å². The average molecular weight is 351 g/mol. The first-order chi connectivity index (χ1) is 12.7. The number of hydrogen-bond acceptors (Lipinski definition) is 6. The van der Waals surface area contributed by atoms with Crippen LogP contribution in [0.2, 0.25) is 0 Å². The topological polar surface area (TPSA) is 83.3 Å². The van der Waals surface area contributed by atoms with Crippen LogP contribution in [0.5, 0.6) is 0 Å². The van der Waals surface area contributed by atoms with Gasteiger partial charge in [-0.05, 0) is 29.8 Å². The molecule has 1 aromatic heterocycles. The molecule has 0 aliphatic carbocycles. The third-order valence-electron chi connectivity index (χ3n) is 3.67. The van der Waals surface area contributed by atoms with E-state index in [1.807, 2.05) is 30.3 Å². The molecular formula is C19H17N3O4. The molecule has 0 fully saturated rings. The molecule has 7 nitrogen and oxygen atoms in total. The van der Waals surface area contributed by atoms with Gasteiger partial charge in [-0.3, -0.25) is 0 Å². The predicted molar refractivity (Wildman–Crippen MR) is 92.5 cm³/mol. The Morgan fingerprint density at radius 3 is 2.27 bits per heavy atom. The van der Waals surface area contributed by atoms with Gasteiger partial charge in [-0.15, -0.1) is 5.10 Å². The molecule has 1 heterocycles. The van der Waals surface area contributed by atoms with E-state index in [-0.39, 0.29) is 6.61 Å². The lowest BCUT2D eigenvalue weighted by Gasteiger charge is -2.04. The molecule has 26 heavy (non-hydrogen) atoms. The Labute approximate surface area is 150 Å². The van der Waals surface area contributed by atoms with Crippen molar-refractivity contribution in [2.45, 2.75) is 13.2 Å². The summed E-state index contributed by atoms with van der Waals surface area (Å²) in [6.07, 6.45) is 1.74. The molecule has 0 saturated carbocycles. The number of carbonyl (C=O) groups excluding carboxylic acids is 2. The fraction of sp³-hybridized carbons (Fsp3) is 0.158. The molecule has 7 heteroatoms. The second-order valence-corrected chi connectivity index (χ2v) is 5.54. The maximum absolute atomic E-state index is 12.1. The van der Waals surface area contributed by atoms with Crippen LogP contribution in [-0.4, -0.2) is 34.0 Å². The molecule has 0 saturated heterocycles. The SMILES string of the molecule is COC(=O)c1ccc(C(=O)OCc2cn(Cc3ccccc3)nn2)cc1. The molecule has 2 aromatic carbocycles. The van der Waals surface area contributed by atoms with Crippen molar-refractivity contribution >= 4 is 11.9 Å². The van der Waals surface area contributed by atoms with E-state index in [1.54, 1.807) is 10.9 Å².